The Kier molecular flexibility index (Phi) is 6.15. The molecule has 128 valence electrons. The Labute approximate surface area is 141 Å². The normalized spacial score (nSPS) is 18.0. The second-order valence-electron chi connectivity index (χ2n) is 5.52. The minimum absolute atomic E-state index is 0.0636. The van der Waals surface area contributed by atoms with Gasteiger partial charge in [0.15, 0.2) is 0 Å². The van der Waals surface area contributed by atoms with Gasteiger partial charge in [0.2, 0.25) is 5.91 Å². The van der Waals surface area contributed by atoms with E-state index in [1.165, 1.54) is 9.80 Å². The first kappa shape index (κ1) is 17.8. The van der Waals surface area contributed by atoms with E-state index in [-0.39, 0.29) is 44.4 Å². The summed E-state index contributed by atoms with van der Waals surface area (Å²) in [4.78, 5) is 27.8. The zero-order valence-electron chi connectivity index (χ0n) is 13.6. The van der Waals surface area contributed by atoms with Gasteiger partial charge in [0.25, 0.3) is 5.91 Å². The van der Waals surface area contributed by atoms with Gasteiger partial charge in [-0.3, -0.25) is 9.59 Å². The highest BCUT2D eigenvalue weighted by molar-refractivity contribution is 5.99. The molecule has 1 unspecified atom stereocenters. The standard InChI is InChI=1S/C17H21N3O4/c1-2-24-15-7-4-3-6-14(15)17(23)20-11-13(21)10-19(9-5-8-18)16(22)12-20/h3-4,6-7,13,21H,2,5,9-12H2,1H3. The molecule has 0 aliphatic carbocycles. The largest absolute Gasteiger partial charge is 0.493 e. The van der Waals surface area contributed by atoms with Crippen LogP contribution >= 0.6 is 0 Å². The summed E-state index contributed by atoms with van der Waals surface area (Å²) in [6.07, 6.45) is -0.655. The number of aliphatic hydroxyl groups is 1. The quantitative estimate of drug-likeness (QED) is 0.855. The number of nitrogens with zero attached hydrogens (tertiary/aromatic N) is 3. The van der Waals surface area contributed by atoms with Crippen LogP contribution in [-0.2, 0) is 4.79 Å². The van der Waals surface area contributed by atoms with Crippen LogP contribution in [0.1, 0.15) is 23.7 Å². The summed E-state index contributed by atoms with van der Waals surface area (Å²) in [6.45, 7) is 2.57. The van der Waals surface area contributed by atoms with E-state index >= 15 is 0 Å². The number of nitriles is 1. The number of aliphatic hydroxyl groups excluding tert-OH is 1. The van der Waals surface area contributed by atoms with Crippen LogP contribution < -0.4 is 4.74 Å². The summed E-state index contributed by atoms with van der Waals surface area (Å²) < 4.78 is 5.47. The Hall–Kier alpha value is -2.59. The molecular formula is C17H21N3O4. The van der Waals surface area contributed by atoms with Crippen LogP contribution in [0.3, 0.4) is 0 Å². The summed E-state index contributed by atoms with van der Waals surface area (Å²) in [6, 6.07) is 8.82. The summed E-state index contributed by atoms with van der Waals surface area (Å²) in [5.74, 6) is -0.171. The number of carbonyl (C=O) groups is 2. The Balaban J connectivity index is 2.18. The highest BCUT2D eigenvalue weighted by Crippen LogP contribution is 2.21. The number of amides is 2. The van der Waals surface area contributed by atoms with E-state index in [0.717, 1.165) is 0 Å². The molecule has 0 saturated carbocycles. The molecule has 2 rings (SSSR count). The number of ether oxygens (including phenoxy) is 1. The first-order valence-electron chi connectivity index (χ1n) is 7.90. The number of rotatable bonds is 5. The topological polar surface area (TPSA) is 93.9 Å². The summed E-state index contributed by atoms with van der Waals surface area (Å²) in [7, 11) is 0. The predicted octanol–water partition coefficient (Wildman–Crippen LogP) is 0.644. The molecule has 24 heavy (non-hydrogen) atoms. The Morgan fingerprint density at radius 2 is 2.17 bits per heavy atom. The fourth-order valence-corrected chi connectivity index (χ4v) is 2.65. The van der Waals surface area contributed by atoms with Crippen LogP contribution in [0.25, 0.3) is 0 Å². The van der Waals surface area contributed by atoms with Crippen molar-refractivity contribution in [1.29, 1.82) is 5.26 Å². The van der Waals surface area contributed by atoms with E-state index in [1.54, 1.807) is 24.3 Å². The van der Waals surface area contributed by atoms with E-state index in [1.807, 2.05) is 13.0 Å². The average Bonchev–Trinajstić information content (AvgIpc) is 2.71. The van der Waals surface area contributed by atoms with E-state index in [2.05, 4.69) is 0 Å². The number of benzene rings is 1. The van der Waals surface area contributed by atoms with Gasteiger partial charge in [-0.2, -0.15) is 5.26 Å². The molecule has 1 saturated heterocycles. The number of hydrogen-bond donors (Lipinski definition) is 1. The summed E-state index contributed by atoms with van der Waals surface area (Å²) in [5, 5.41) is 18.8. The van der Waals surface area contributed by atoms with Crippen LogP contribution in [0.5, 0.6) is 5.75 Å². The van der Waals surface area contributed by atoms with E-state index in [0.29, 0.717) is 17.9 Å². The zero-order chi connectivity index (χ0) is 17.5. The minimum Gasteiger partial charge on any atom is -0.493 e. The number of para-hydroxylation sites is 1. The lowest BCUT2D eigenvalue weighted by atomic mass is 10.1. The molecule has 1 aromatic rings. The molecule has 2 amide bonds. The van der Waals surface area contributed by atoms with Crippen molar-refractivity contribution in [3.05, 3.63) is 29.8 Å². The van der Waals surface area contributed by atoms with Crippen LogP contribution in [0.15, 0.2) is 24.3 Å². The lowest BCUT2D eigenvalue weighted by molar-refractivity contribution is -0.131. The average molecular weight is 331 g/mol. The van der Waals surface area contributed by atoms with E-state index in [4.69, 9.17) is 10.00 Å². The molecule has 7 heteroatoms. The second-order valence-corrected chi connectivity index (χ2v) is 5.52. The highest BCUT2D eigenvalue weighted by atomic mass is 16.5. The van der Waals surface area contributed by atoms with Gasteiger partial charge in [-0.1, -0.05) is 12.1 Å². The number of hydrogen-bond acceptors (Lipinski definition) is 5. The van der Waals surface area contributed by atoms with Crippen molar-refractivity contribution in [3.8, 4) is 11.8 Å². The van der Waals surface area contributed by atoms with Gasteiger partial charge < -0.3 is 19.6 Å². The fraction of sp³-hybridized carbons (Fsp3) is 0.471. The maximum Gasteiger partial charge on any atom is 0.258 e. The van der Waals surface area contributed by atoms with Gasteiger partial charge in [0.05, 0.1) is 30.8 Å². The van der Waals surface area contributed by atoms with Crippen molar-refractivity contribution in [2.45, 2.75) is 19.4 Å². The van der Waals surface area contributed by atoms with Gasteiger partial charge in [0.1, 0.15) is 12.3 Å². The van der Waals surface area contributed by atoms with Crippen LogP contribution in [-0.4, -0.2) is 65.6 Å². The maximum atomic E-state index is 12.8. The van der Waals surface area contributed by atoms with Gasteiger partial charge in [-0.25, -0.2) is 0 Å². The molecule has 1 fully saturated rings. The van der Waals surface area contributed by atoms with Crippen LogP contribution in [0.4, 0.5) is 0 Å². The van der Waals surface area contributed by atoms with Crippen LogP contribution in [0, 0.1) is 11.3 Å². The van der Waals surface area contributed by atoms with Crippen molar-refractivity contribution in [2.75, 3.05) is 32.8 Å². The first-order valence-corrected chi connectivity index (χ1v) is 7.90. The number of carbonyl (C=O) groups excluding carboxylic acids is 2. The van der Waals surface area contributed by atoms with Crippen molar-refractivity contribution < 1.29 is 19.4 Å². The van der Waals surface area contributed by atoms with Crippen molar-refractivity contribution in [2.24, 2.45) is 0 Å². The van der Waals surface area contributed by atoms with Crippen molar-refractivity contribution in [3.63, 3.8) is 0 Å². The molecule has 0 bridgehead atoms. The molecule has 1 atom stereocenters. The third-order valence-corrected chi connectivity index (χ3v) is 3.74. The monoisotopic (exact) mass is 331 g/mol. The van der Waals surface area contributed by atoms with Gasteiger partial charge in [0, 0.05) is 19.6 Å². The smallest absolute Gasteiger partial charge is 0.258 e. The third-order valence-electron chi connectivity index (χ3n) is 3.74. The van der Waals surface area contributed by atoms with Crippen molar-refractivity contribution >= 4 is 11.8 Å². The maximum absolute atomic E-state index is 12.8. The molecule has 1 aromatic carbocycles. The minimum atomic E-state index is -0.849. The Morgan fingerprint density at radius 1 is 1.42 bits per heavy atom. The van der Waals surface area contributed by atoms with Gasteiger partial charge >= 0.3 is 0 Å². The summed E-state index contributed by atoms with van der Waals surface area (Å²) >= 11 is 0. The van der Waals surface area contributed by atoms with Crippen LogP contribution in [0.2, 0.25) is 0 Å². The Morgan fingerprint density at radius 3 is 2.88 bits per heavy atom. The molecule has 7 nitrogen and oxygen atoms in total. The lowest BCUT2D eigenvalue weighted by Gasteiger charge is -2.22. The Bertz CT molecular complexity index is 641. The third kappa shape index (κ3) is 4.24. The molecule has 0 spiro atoms. The SMILES string of the molecule is CCOc1ccccc1C(=O)N1CC(=O)N(CCC#N)CC(O)C1. The fourth-order valence-electron chi connectivity index (χ4n) is 2.65. The zero-order valence-corrected chi connectivity index (χ0v) is 13.6. The molecule has 1 heterocycles. The lowest BCUT2D eigenvalue weighted by Crippen LogP contribution is -2.39. The molecule has 1 aliphatic heterocycles. The van der Waals surface area contributed by atoms with Gasteiger partial charge in [-0.15, -0.1) is 0 Å². The molecule has 0 aromatic heterocycles. The molecule has 0 radical (unpaired) electrons. The first-order chi connectivity index (χ1) is 11.6. The van der Waals surface area contributed by atoms with E-state index < -0.39 is 6.10 Å². The predicted molar refractivity (Wildman–Crippen MR) is 86.3 cm³/mol. The van der Waals surface area contributed by atoms with E-state index in [9.17, 15) is 14.7 Å². The molecule has 1 aliphatic rings. The van der Waals surface area contributed by atoms with Crippen molar-refractivity contribution in [1.82, 2.24) is 9.80 Å². The number of β-amino-alcohol motifs (C(OH)–C–C–N with tert-alkyl or cyclic N) is 1. The molecular weight excluding hydrogens is 310 g/mol. The summed E-state index contributed by atoms with van der Waals surface area (Å²) in [5.41, 5.74) is 0.366. The van der Waals surface area contributed by atoms with Gasteiger partial charge in [-0.05, 0) is 19.1 Å². The highest BCUT2D eigenvalue weighted by Gasteiger charge is 2.30. The molecule has 1 N–H and O–H groups in total. The second kappa shape index (κ2) is 8.31.